The number of rotatable bonds is 2. The van der Waals surface area contributed by atoms with Crippen molar-refractivity contribution in [2.24, 2.45) is 5.92 Å². The summed E-state index contributed by atoms with van der Waals surface area (Å²) < 4.78 is 39.8. The summed E-state index contributed by atoms with van der Waals surface area (Å²) in [4.78, 5) is 14.9. The molecular formula is C17H17F3N2O. The maximum atomic E-state index is 13.3. The van der Waals surface area contributed by atoms with E-state index in [0.29, 0.717) is 12.8 Å². The maximum absolute atomic E-state index is 13.3. The summed E-state index contributed by atoms with van der Waals surface area (Å²) in [5, 5.41) is 8.81. The van der Waals surface area contributed by atoms with Crippen LogP contribution in [0.25, 0.3) is 0 Å². The van der Waals surface area contributed by atoms with E-state index in [1.54, 1.807) is 6.07 Å². The monoisotopic (exact) mass is 322 g/mol. The third kappa shape index (κ3) is 2.86. The molecule has 1 aromatic carbocycles. The Morgan fingerprint density at radius 3 is 2.39 bits per heavy atom. The lowest BCUT2D eigenvalue weighted by molar-refractivity contribution is -0.138. The number of nitrogens with zero attached hydrogens (tertiary/aromatic N) is 2. The predicted octanol–water partition coefficient (Wildman–Crippen LogP) is 3.63. The summed E-state index contributed by atoms with van der Waals surface area (Å²) in [6.07, 6.45) is -1.40. The number of piperidine rings is 1. The van der Waals surface area contributed by atoms with E-state index in [-0.39, 0.29) is 29.1 Å². The highest BCUT2D eigenvalue weighted by atomic mass is 19.4. The van der Waals surface area contributed by atoms with Gasteiger partial charge in [0.05, 0.1) is 17.2 Å². The lowest BCUT2D eigenvalue weighted by Crippen LogP contribution is -2.42. The van der Waals surface area contributed by atoms with Gasteiger partial charge in [0.2, 0.25) is 0 Å². The molecule has 2 unspecified atom stereocenters. The molecule has 0 N–H and O–H groups in total. The van der Waals surface area contributed by atoms with Gasteiger partial charge in [-0.15, -0.1) is 0 Å². The molecule has 0 aromatic heterocycles. The Bertz CT molecular complexity index is 663. The summed E-state index contributed by atoms with van der Waals surface area (Å²) in [6.45, 7) is 0. The number of Topliss-reactive ketones (excluding diaryl/α,β-unsaturated/α-hetero) is 1. The molecule has 0 saturated carbocycles. The first-order chi connectivity index (χ1) is 10.8. The average Bonchev–Trinajstić information content (AvgIpc) is 2.74. The smallest absolute Gasteiger partial charge is 0.300 e. The van der Waals surface area contributed by atoms with E-state index < -0.39 is 17.5 Å². The highest BCUT2D eigenvalue weighted by Gasteiger charge is 2.43. The molecule has 2 aliphatic heterocycles. The predicted molar refractivity (Wildman–Crippen MR) is 77.8 cm³/mol. The first kappa shape index (κ1) is 16.0. The van der Waals surface area contributed by atoms with Crippen LogP contribution in [0.4, 0.5) is 13.2 Å². The molecule has 0 amide bonds. The van der Waals surface area contributed by atoms with Gasteiger partial charge in [-0.1, -0.05) is 0 Å². The Balaban J connectivity index is 1.93. The van der Waals surface area contributed by atoms with Gasteiger partial charge in [0.25, 0.3) is 0 Å². The number of halogens is 3. The zero-order valence-corrected chi connectivity index (χ0v) is 12.7. The van der Waals surface area contributed by atoms with Gasteiger partial charge in [-0.3, -0.25) is 4.79 Å². The number of hydrogen-bond donors (Lipinski definition) is 0. The van der Waals surface area contributed by atoms with Crippen molar-refractivity contribution in [3.63, 3.8) is 0 Å². The van der Waals surface area contributed by atoms with Crippen LogP contribution in [0.1, 0.15) is 47.2 Å². The van der Waals surface area contributed by atoms with E-state index in [1.807, 2.05) is 7.05 Å². The number of fused-ring (bicyclic) bond motifs is 2. The molecule has 2 saturated heterocycles. The zero-order chi connectivity index (χ0) is 16.8. The minimum absolute atomic E-state index is 0.0858. The Morgan fingerprint density at radius 2 is 1.87 bits per heavy atom. The van der Waals surface area contributed by atoms with Crippen molar-refractivity contribution in [1.82, 2.24) is 4.90 Å². The quantitative estimate of drug-likeness (QED) is 0.781. The van der Waals surface area contributed by atoms with Gasteiger partial charge in [-0.25, -0.2) is 0 Å². The van der Waals surface area contributed by atoms with Crippen molar-refractivity contribution < 1.29 is 18.0 Å². The number of benzene rings is 1. The Kier molecular flexibility index (Phi) is 3.93. The fourth-order valence-corrected chi connectivity index (χ4v) is 3.91. The molecule has 0 spiro atoms. The van der Waals surface area contributed by atoms with Crippen molar-refractivity contribution in [3.8, 4) is 6.07 Å². The minimum atomic E-state index is -4.64. The Labute approximate surface area is 132 Å². The van der Waals surface area contributed by atoms with Crippen LogP contribution in [0, 0.1) is 17.2 Å². The number of hydrogen-bond acceptors (Lipinski definition) is 3. The van der Waals surface area contributed by atoms with Gasteiger partial charge >= 0.3 is 6.18 Å². The van der Waals surface area contributed by atoms with E-state index in [9.17, 15) is 18.0 Å². The van der Waals surface area contributed by atoms with Crippen molar-refractivity contribution in [2.45, 2.75) is 43.9 Å². The van der Waals surface area contributed by atoms with Gasteiger partial charge in [0.15, 0.2) is 5.78 Å². The molecule has 6 heteroatoms. The van der Waals surface area contributed by atoms with Crippen LogP contribution in [-0.4, -0.2) is 29.8 Å². The fraction of sp³-hybridized carbons (Fsp3) is 0.529. The standard InChI is InChI=1S/C17H17F3N2O/c1-22-12-3-4-13(22)8-11(7-12)16(23)14-5-2-10(9-21)6-15(14)17(18,19)20/h2,5-6,11-13H,3-4,7-8H2,1H3. The molecule has 2 fully saturated rings. The van der Waals surface area contributed by atoms with Gasteiger partial charge in [-0.2, -0.15) is 18.4 Å². The second kappa shape index (κ2) is 5.64. The molecule has 23 heavy (non-hydrogen) atoms. The van der Waals surface area contributed by atoms with E-state index in [2.05, 4.69) is 4.90 Å². The third-order valence-electron chi connectivity index (χ3n) is 5.19. The highest BCUT2D eigenvalue weighted by Crippen LogP contribution is 2.40. The lowest BCUT2D eigenvalue weighted by Gasteiger charge is -2.35. The lowest BCUT2D eigenvalue weighted by atomic mass is 9.83. The highest BCUT2D eigenvalue weighted by molar-refractivity contribution is 5.99. The molecule has 2 aliphatic rings. The second-order valence-corrected chi connectivity index (χ2v) is 6.45. The summed E-state index contributed by atoms with van der Waals surface area (Å²) in [5.74, 6) is -0.801. The summed E-state index contributed by atoms with van der Waals surface area (Å²) >= 11 is 0. The van der Waals surface area contributed by atoms with E-state index in [1.165, 1.54) is 6.07 Å². The number of ketones is 1. The summed E-state index contributed by atoms with van der Waals surface area (Å²) in [7, 11) is 2.02. The average molecular weight is 322 g/mol. The number of carbonyl (C=O) groups excluding carboxylic acids is 1. The molecule has 1 aromatic rings. The Morgan fingerprint density at radius 1 is 1.26 bits per heavy atom. The van der Waals surface area contributed by atoms with Gasteiger partial charge in [0, 0.05) is 23.6 Å². The van der Waals surface area contributed by atoms with Crippen LogP contribution in [0.5, 0.6) is 0 Å². The van der Waals surface area contributed by atoms with Gasteiger partial charge in [-0.05, 0) is 50.9 Å². The molecular weight excluding hydrogens is 305 g/mol. The molecule has 3 nitrogen and oxygen atoms in total. The Hall–Kier alpha value is -1.87. The van der Waals surface area contributed by atoms with E-state index >= 15 is 0 Å². The molecule has 3 rings (SSSR count). The zero-order valence-electron chi connectivity index (χ0n) is 12.7. The summed E-state index contributed by atoms with van der Waals surface area (Å²) in [5.41, 5.74) is -1.38. The van der Waals surface area contributed by atoms with Crippen molar-refractivity contribution >= 4 is 5.78 Å². The molecule has 2 atom stereocenters. The van der Waals surface area contributed by atoms with Crippen molar-refractivity contribution in [3.05, 3.63) is 34.9 Å². The normalized spacial score (nSPS) is 27.7. The third-order valence-corrected chi connectivity index (χ3v) is 5.19. The van der Waals surface area contributed by atoms with E-state index in [0.717, 1.165) is 25.0 Å². The SMILES string of the molecule is CN1C2CCC1CC(C(=O)c1ccc(C#N)cc1C(F)(F)F)C2. The summed E-state index contributed by atoms with van der Waals surface area (Å²) in [6, 6.07) is 5.49. The van der Waals surface area contributed by atoms with E-state index in [4.69, 9.17) is 5.26 Å². The van der Waals surface area contributed by atoms with Crippen molar-refractivity contribution in [2.75, 3.05) is 7.05 Å². The molecule has 122 valence electrons. The number of nitriles is 1. The van der Waals surface area contributed by atoms with Gasteiger partial charge in [0.1, 0.15) is 0 Å². The van der Waals surface area contributed by atoms with Crippen molar-refractivity contribution in [1.29, 1.82) is 5.26 Å². The second-order valence-electron chi connectivity index (χ2n) is 6.45. The fourth-order valence-electron chi connectivity index (χ4n) is 3.91. The first-order valence-corrected chi connectivity index (χ1v) is 7.68. The minimum Gasteiger partial charge on any atom is -0.300 e. The van der Waals surface area contributed by atoms with Crippen LogP contribution in [0.2, 0.25) is 0 Å². The first-order valence-electron chi connectivity index (χ1n) is 7.68. The van der Waals surface area contributed by atoms with Crippen LogP contribution in [0.3, 0.4) is 0 Å². The maximum Gasteiger partial charge on any atom is 0.417 e. The molecule has 0 aliphatic carbocycles. The molecule has 2 heterocycles. The van der Waals surface area contributed by atoms with Crippen LogP contribution < -0.4 is 0 Å². The largest absolute Gasteiger partial charge is 0.417 e. The topological polar surface area (TPSA) is 44.1 Å². The number of alkyl halides is 3. The number of carbonyl (C=O) groups is 1. The van der Waals surface area contributed by atoms with Crippen LogP contribution in [-0.2, 0) is 6.18 Å². The van der Waals surface area contributed by atoms with Crippen LogP contribution >= 0.6 is 0 Å². The molecule has 0 radical (unpaired) electrons. The van der Waals surface area contributed by atoms with Gasteiger partial charge < -0.3 is 4.90 Å². The van der Waals surface area contributed by atoms with Crippen LogP contribution in [0.15, 0.2) is 18.2 Å². The molecule has 2 bridgehead atoms.